The van der Waals surface area contributed by atoms with E-state index in [1.54, 1.807) is 31.3 Å². The molecule has 2 aromatic rings. The Labute approximate surface area is 120 Å². The maximum atomic E-state index is 12.2. The van der Waals surface area contributed by atoms with Crippen molar-refractivity contribution in [2.45, 2.75) is 13.0 Å². The lowest BCUT2D eigenvalue weighted by Gasteiger charge is -2.13. The number of carbonyl (C=O) groups is 1. The van der Waals surface area contributed by atoms with E-state index in [9.17, 15) is 20.0 Å². The van der Waals surface area contributed by atoms with Gasteiger partial charge in [0.15, 0.2) is 0 Å². The average Bonchev–Trinajstić information content (AvgIpc) is 2.47. The molecule has 0 saturated carbocycles. The van der Waals surface area contributed by atoms with Gasteiger partial charge in [-0.2, -0.15) is 0 Å². The van der Waals surface area contributed by atoms with Crippen molar-refractivity contribution in [3.63, 3.8) is 0 Å². The van der Waals surface area contributed by atoms with Gasteiger partial charge in [0, 0.05) is 12.3 Å². The van der Waals surface area contributed by atoms with Crippen molar-refractivity contribution < 1.29 is 14.8 Å². The zero-order chi connectivity index (χ0) is 15.4. The third-order valence-corrected chi connectivity index (χ3v) is 2.90. The number of rotatable bonds is 4. The SMILES string of the molecule is CC(NC(=O)c1cc(O)ccc1[N+](=O)[O-])c1ccccn1. The van der Waals surface area contributed by atoms with Gasteiger partial charge >= 0.3 is 0 Å². The second-order valence-corrected chi connectivity index (χ2v) is 4.41. The molecule has 0 saturated heterocycles. The second kappa shape index (κ2) is 6.00. The average molecular weight is 287 g/mol. The van der Waals surface area contributed by atoms with Crippen LogP contribution in [-0.2, 0) is 0 Å². The number of nitrogens with one attached hydrogen (secondary N) is 1. The summed E-state index contributed by atoms with van der Waals surface area (Å²) >= 11 is 0. The third kappa shape index (κ3) is 3.33. The molecule has 0 radical (unpaired) electrons. The molecule has 0 fully saturated rings. The maximum Gasteiger partial charge on any atom is 0.282 e. The molecule has 1 unspecified atom stereocenters. The van der Waals surface area contributed by atoms with Gasteiger partial charge in [-0.1, -0.05) is 6.07 Å². The monoisotopic (exact) mass is 287 g/mol. The third-order valence-electron chi connectivity index (χ3n) is 2.90. The van der Waals surface area contributed by atoms with Crippen LogP contribution in [0.4, 0.5) is 5.69 Å². The Morgan fingerprint density at radius 3 is 2.76 bits per heavy atom. The van der Waals surface area contributed by atoms with Crippen LogP contribution < -0.4 is 5.32 Å². The van der Waals surface area contributed by atoms with E-state index < -0.39 is 16.9 Å². The molecule has 1 amide bonds. The number of aromatic nitrogens is 1. The van der Waals surface area contributed by atoms with Crippen LogP contribution in [0.15, 0.2) is 42.6 Å². The van der Waals surface area contributed by atoms with Crippen molar-refractivity contribution in [3.05, 3.63) is 64.0 Å². The number of phenols is 1. The first-order valence-electron chi connectivity index (χ1n) is 6.18. The van der Waals surface area contributed by atoms with Gasteiger partial charge in [0.25, 0.3) is 11.6 Å². The first kappa shape index (κ1) is 14.4. The first-order valence-corrected chi connectivity index (χ1v) is 6.18. The molecule has 1 atom stereocenters. The number of hydrogen-bond acceptors (Lipinski definition) is 5. The first-order chi connectivity index (χ1) is 9.99. The van der Waals surface area contributed by atoms with Crippen LogP contribution in [-0.4, -0.2) is 20.9 Å². The summed E-state index contributed by atoms with van der Waals surface area (Å²) in [5.41, 5.74) is 0.0787. The number of nitro benzene ring substituents is 1. The topological polar surface area (TPSA) is 105 Å². The summed E-state index contributed by atoms with van der Waals surface area (Å²) in [7, 11) is 0. The van der Waals surface area contributed by atoms with Crippen molar-refractivity contribution in [1.29, 1.82) is 0 Å². The van der Waals surface area contributed by atoms with E-state index in [1.807, 2.05) is 0 Å². The van der Waals surface area contributed by atoms with Gasteiger partial charge in [-0.15, -0.1) is 0 Å². The van der Waals surface area contributed by atoms with E-state index in [2.05, 4.69) is 10.3 Å². The van der Waals surface area contributed by atoms with Gasteiger partial charge in [-0.05, 0) is 31.2 Å². The fraction of sp³-hybridized carbons (Fsp3) is 0.143. The molecule has 21 heavy (non-hydrogen) atoms. The fourth-order valence-electron chi connectivity index (χ4n) is 1.85. The predicted molar refractivity (Wildman–Crippen MR) is 74.9 cm³/mol. The van der Waals surface area contributed by atoms with E-state index >= 15 is 0 Å². The summed E-state index contributed by atoms with van der Waals surface area (Å²) in [6.45, 7) is 1.72. The summed E-state index contributed by atoms with van der Waals surface area (Å²) in [5, 5.41) is 22.9. The highest BCUT2D eigenvalue weighted by Crippen LogP contribution is 2.24. The summed E-state index contributed by atoms with van der Waals surface area (Å²) < 4.78 is 0. The molecule has 0 aliphatic rings. The Morgan fingerprint density at radius 1 is 1.38 bits per heavy atom. The fourth-order valence-corrected chi connectivity index (χ4v) is 1.85. The number of phenolic OH excluding ortho intramolecular Hbond substituents is 1. The minimum absolute atomic E-state index is 0.192. The van der Waals surface area contributed by atoms with E-state index in [0.717, 1.165) is 18.2 Å². The molecule has 1 aromatic heterocycles. The van der Waals surface area contributed by atoms with E-state index in [1.165, 1.54) is 0 Å². The Morgan fingerprint density at radius 2 is 2.14 bits per heavy atom. The Bertz CT molecular complexity index is 673. The van der Waals surface area contributed by atoms with Crippen LogP contribution in [0.2, 0.25) is 0 Å². The quantitative estimate of drug-likeness (QED) is 0.662. The van der Waals surface area contributed by atoms with Crippen molar-refractivity contribution in [1.82, 2.24) is 10.3 Å². The lowest BCUT2D eigenvalue weighted by atomic mass is 10.1. The van der Waals surface area contributed by atoms with E-state index in [-0.39, 0.29) is 17.0 Å². The Hall–Kier alpha value is -2.96. The minimum atomic E-state index is -0.667. The number of nitrogens with zero attached hydrogens (tertiary/aromatic N) is 2. The highest BCUT2D eigenvalue weighted by atomic mass is 16.6. The molecular formula is C14H13N3O4. The molecule has 1 aromatic carbocycles. The normalized spacial score (nSPS) is 11.7. The largest absolute Gasteiger partial charge is 0.508 e. The minimum Gasteiger partial charge on any atom is -0.508 e. The highest BCUT2D eigenvalue weighted by Gasteiger charge is 2.22. The highest BCUT2D eigenvalue weighted by molar-refractivity contribution is 5.98. The number of nitro groups is 1. The van der Waals surface area contributed by atoms with Crippen molar-refractivity contribution >= 4 is 11.6 Å². The summed E-state index contributed by atoms with van der Waals surface area (Å²) in [6, 6.07) is 8.17. The number of benzene rings is 1. The van der Waals surface area contributed by atoms with Crippen LogP contribution in [0.25, 0.3) is 0 Å². The molecule has 7 nitrogen and oxygen atoms in total. The van der Waals surface area contributed by atoms with Crippen molar-refractivity contribution in [3.8, 4) is 5.75 Å². The molecule has 108 valence electrons. The predicted octanol–water partition coefficient (Wildman–Crippen LogP) is 2.19. The van der Waals surface area contributed by atoms with Gasteiger partial charge in [0.2, 0.25) is 0 Å². The molecule has 0 bridgehead atoms. The molecule has 0 spiro atoms. The number of amides is 1. The van der Waals surface area contributed by atoms with Crippen LogP contribution in [0, 0.1) is 10.1 Å². The van der Waals surface area contributed by atoms with Crippen LogP contribution in [0.1, 0.15) is 29.0 Å². The Kier molecular flexibility index (Phi) is 4.13. The van der Waals surface area contributed by atoms with E-state index in [0.29, 0.717) is 5.69 Å². The van der Waals surface area contributed by atoms with Gasteiger partial charge in [-0.3, -0.25) is 19.9 Å². The molecule has 7 heteroatoms. The van der Waals surface area contributed by atoms with E-state index in [4.69, 9.17) is 0 Å². The van der Waals surface area contributed by atoms with Gasteiger partial charge in [0.1, 0.15) is 11.3 Å². The number of aromatic hydroxyl groups is 1. The van der Waals surface area contributed by atoms with Crippen LogP contribution >= 0.6 is 0 Å². The number of carbonyl (C=O) groups excluding carboxylic acids is 1. The zero-order valence-electron chi connectivity index (χ0n) is 11.2. The lowest BCUT2D eigenvalue weighted by Crippen LogP contribution is -2.27. The second-order valence-electron chi connectivity index (χ2n) is 4.41. The smallest absolute Gasteiger partial charge is 0.282 e. The van der Waals surface area contributed by atoms with Gasteiger partial charge in [0.05, 0.1) is 16.7 Å². The van der Waals surface area contributed by atoms with Crippen molar-refractivity contribution in [2.24, 2.45) is 0 Å². The molecule has 0 aliphatic carbocycles. The summed E-state index contributed by atoms with van der Waals surface area (Å²) in [4.78, 5) is 26.5. The molecule has 0 aliphatic heterocycles. The zero-order valence-corrected chi connectivity index (χ0v) is 11.2. The molecule has 2 rings (SSSR count). The Balaban J connectivity index is 2.25. The van der Waals surface area contributed by atoms with Crippen LogP contribution in [0.5, 0.6) is 5.75 Å². The number of hydrogen-bond donors (Lipinski definition) is 2. The van der Waals surface area contributed by atoms with Gasteiger partial charge in [-0.25, -0.2) is 0 Å². The van der Waals surface area contributed by atoms with Crippen LogP contribution in [0.3, 0.4) is 0 Å². The lowest BCUT2D eigenvalue weighted by molar-refractivity contribution is -0.385. The standard InChI is InChI=1S/C14H13N3O4/c1-9(12-4-2-3-7-15-12)16-14(19)11-8-10(18)5-6-13(11)17(20)21/h2-9,18H,1H3,(H,16,19). The number of pyridine rings is 1. The molecular weight excluding hydrogens is 274 g/mol. The van der Waals surface area contributed by atoms with Gasteiger partial charge < -0.3 is 10.4 Å². The maximum absolute atomic E-state index is 12.2. The molecule has 2 N–H and O–H groups in total. The summed E-state index contributed by atoms with van der Waals surface area (Å²) in [5.74, 6) is -0.855. The molecule has 1 heterocycles. The summed E-state index contributed by atoms with van der Waals surface area (Å²) in [6.07, 6.45) is 1.59. The van der Waals surface area contributed by atoms with Crippen molar-refractivity contribution in [2.75, 3.05) is 0 Å².